The fraction of sp³-hybridized carbons (Fsp3) is 0.200. The van der Waals surface area contributed by atoms with E-state index < -0.39 is 5.54 Å². The van der Waals surface area contributed by atoms with Crippen LogP contribution in [0.15, 0.2) is 71.9 Å². The lowest BCUT2D eigenvalue weighted by atomic mass is 9.84. The molecule has 0 spiro atoms. The summed E-state index contributed by atoms with van der Waals surface area (Å²) in [6.45, 7) is 1.93. The van der Waals surface area contributed by atoms with E-state index in [-0.39, 0.29) is 18.2 Å². The fourth-order valence-electron chi connectivity index (χ4n) is 3.36. The molecule has 0 radical (unpaired) electrons. The molecule has 0 fully saturated rings. The Bertz CT molecular complexity index is 1170. The third-order valence-electron chi connectivity index (χ3n) is 5.23. The van der Waals surface area contributed by atoms with Crippen molar-refractivity contribution in [3.05, 3.63) is 94.8 Å². The number of ether oxygens (including phenoxy) is 2. The van der Waals surface area contributed by atoms with Crippen LogP contribution < -0.4 is 10.5 Å². The molecule has 2 N–H and O–H groups in total. The lowest BCUT2D eigenvalue weighted by molar-refractivity contribution is 0.0988. The van der Waals surface area contributed by atoms with E-state index in [4.69, 9.17) is 20.5 Å². The number of benzene rings is 2. The standard InChI is InChI=1S/C25H24N4O3/c1-25(29-24(27)32-3,19-8-10-21(31-2)11-9-19)20-6-4-5-17(13-20)14-23(30)22-12-7-18(15-26)16-28-22/h4-13,16H,14H2,1-3H3,(H2,27,29). The van der Waals surface area contributed by atoms with E-state index in [1.807, 2.05) is 61.5 Å². The molecule has 7 heteroatoms. The quantitative estimate of drug-likeness (QED) is 0.350. The van der Waals surface area contributed by atoms with Gasteiger partial charge in [-0.15, -0.1) is 0 Å². The number of carbonyl (C=O) groups excluding carboxylic acids is 1. The summed E-state index contributed by atoms with van der Waals surface area (Å²) < 4.78 is 10.4. The average Bonchev–Trinajstić information content (AvgIpc) is 2.84. The van der Waals surface area contributed by atoms with Crippen LogP contribution in [-0.2, 0) is 16.7 Å². The average molecular weight is 428 g/mol. The molecule has 0 saturated heterocycles. The molecule has 7 nitrogen and oxygen atoms in total. The number of nitriles is 1. The summed E-state index contributed by atoms with van der Waals surface area (Å²) in [5, 5.41) is 8.90. The molecule has 1 unspecified atom stereocenters. The van der Waals surface area contributed by atoms with Crippen molar-refractivity contribution in [2.45, 2.75) is 18.9 Å². The first-order valence-corrected chi connectivity index (χ1v) is 9.92. The molecular formula is C25H24N4O3. The normalized spacial score (nSPS) is 13.0. The van der Waals surface area contributed by atoms with Gasteiger partial charge in [0.05, 0.1) is 19.8 Å². The Hall–Kier alpha value is -4.18. The van der Waals surface area contributed by atoms with E-state index in [0.717, 1.165) is 22.4 Å². The number of aromatic nitrogens is 1. The van der Waals surface area contributed by atoms with Gasteiger partial charge in [-0.1, -0.05) is 36.4 Å². The van der Waals surface area contributed by atoms with Crippen LogP contribution in [0.25, 0.3) is 0 Å². The fourth-order valence-corrected chi connectivity index (χ4v) is 3.36. The Kier molecular flexibility index (Phi) is 6.86. The minimum absolute atomic E-state index is 0.0478. The van der Waals surface area contributed by atoms with Crippen molar-refractivity contribution in [2.75, 3.05) is 14.2 Å². The molecule has 3 rings (SSSR count). The van der Waals surface area contributed by atoms with E-state index in [9.17, 15) is 4.79 Å². The van der Waals surface area contributed by atoms with Gasteiger partial charge in [0.25, 0.3) is 6.02 Å². The van der Waals surface area contributed by atoms with Gasteiger partial charge in [0, 0.05) is 12.6 Å². The van der Waals surface area contributed by atoms with Gasteiger partial charge in [0.15, 0.2) is 5.78 Å². The first-order chi connectivity index (χ1) is 15.4. The van der Waals surface area contributed by atoms with Crippen molar-refractivity contribution >= 4 is 11.8 Å². The number of hydrogen-bond donors (Lipinski definition) is 1. The van der Waals surface area contributed by atoms with Crippen molar-refractivity contribution in [3.63, 3.8) is 0 Å². The number of ketones is 1. The van der Waals surface area contributed by atoms with Crippen LogP contribution in [0, 0.1) is 11.3 Å². The lowest BCUT2D eigenvalue weighted by Gasteiger charge is -2.27. The second-order valence-electron chi connectivity index (χ2n) is 7.30. The number of methoxy groups -OCH3 is 2. The Morgan fingerprint density at radius 2 is 1.88 bits per heavy atom. The van der Waals surface area contributed by atoms with Gasteiger partial charge in [-0.3, -0.25) is 9.78 Å². The highest BCUT2D eigenvalue weighted by molar-refractivity contribution is 5.95. The predicted molar refractivity (Wildman–Crippen MR) is 122 cm³/mol. The SMILES string of the molecule is COC(N)=NC(C)(c1ccc(OC)cc1)c1cccc(CC(=O)c2ccc(C#N)cn2)c1. The van der Waals surface area contributed by atoms with Crippen molar-refractivity contribution in [1.82, 2.24) is 4.98 Å². The van der Waals surface area contributed by atoms with Gasteiger partial charge in [-0.05, 0) is 47.9 Å². The molecule has 2 aromatic carbocycles. The predicted octanol–water partition coefficient (Wildman–Crippen LogP) is 3.61. The molecule has 0 aliphatic carbocycles. The highest BCUT2D eigenvalue weighted by Crippen LogP contribution is 2.35. The van der Waals surface area contributed by atoms with Crippen molar-refractivity contribution in [3.8, 4) is 11.8 Å². The lowest BCUT2D eigenvalue weighted by Crippen LogP contribution is -2.27. The minimum atomic E-state index is -0.849. The van der Waals surface area contributed by atoms with Crippen molar-refractivity contribution < 1.29 is 14.3 Å². The van der Waals surface area contributed by atoms with Crippen LogP contribution in [0.2, 0.25) is 0 Å². The zero-order valence-electron chi connectivity index (χ0n) is 18.2. The number of nitrogens with zero attached hydrogens (tertiary/aromatic N) is 3. The third kappa shape index (κ3) is 4.93. The summed E-state index contributed by atoms with van der Waals surface area (Å²) in [4.78, 5) is 21.4. The number of rotatable bonds is 7. The number of hydrogen-bond acceptors (Lipinski definition) is 6. The molecule has 162 valence electrons. The molecule has 0 aliphatic heterocycles. The molecule has 3 aromatic rings. The largest absolute Gasteiger partial charge is 0.497 e. The number of amidine groups is 1. The van der Waals surface area contributed by atoms with Gasteiger partial charge in [0.1, 0.15) is 23.1 Å². The van der Waals surface area contributed by atoms with E-state index in [0.29, 0.717) is 11.3 Å². The molecular weight excluding hydrogens is 404 g/mol. The zero-order valence-corrected chi connectivity index (χ0v) is 18.2. The molecule has 0 aliphatic rings. The molecule has 0 amide bonds. The Labute approximate surface area is 187 Å². The number of Topliss-reactive ketones (excluding diaryl/α,β-unsaturated/α-hetero) is 1. The molecule has 0 saturated carbocycles. The zero-order chi connectivity index (χ0) is 23.1. The summed E-state index contributed by atoms with van der Waals surface area (Å²) in [6.07, 6.45) is 1.56. The topological polar surface area (TPSA) is 111 Å². The second kappa shape index (κ2) is 9.75. The third-order valence-corrected chi connectivity index (χ3v) is 5.23. The highest BCUT2D eigenvalue weighted by atomic mass is 16.5. The molecule has 1 aromatic heterocycles. The minimum Gasteiger partial charge on any atom is -0.497 e. The summed E-state index contributed by atoms with van der Waals surface area (Å²) >= 11 is 0. The van der Waals surface area contributed by atoms with Crippen molar-refractivity contribution in [1.29, 1.82) is 5.26 Å². The smallest absolute Gasteiger partial charge is 0.282 e. The molecule has 32 heavy (non-hydrogen) atoms. The van der Waals surface area contributed by atoms with Crippen molar-refractivity contribution in [2.24, 2.45) is 10.7 Å². The van der Waals surface area contributed by atoms with Crippen LogP contribution in [0.1, 0.15) is 39.7 Å². The Morgan fingerprint density at radius 1 is 1.12 bits per heavy atom. The maximum Gasteiger partial charge on any atom is 0.282 e. The Balaban J connectivity index is 1.96. The monoisotopic (exact) mass is 428 g/mol. The highest BCUT2D eigenvalue weighted by Gasteiger charge is 2.30. The first kappa shape index (κ1) is 22.5. The maximum atomic E-state index is 12.7. The molecule has 1 atom stereocenters. The molecule has 1 heterocycles. The maximum absolute atomic E-state index is 12.7. The van der Waals surface area contributed by atoms with Gasteiger partial charge >= 0.3 is 0 Å². The van der Waals surface area contributed by atoms with E-state index >= 15 is 0 Å². The number of nitrogens with two attached hydrogens (primary N) is 1. The second-order valence-corrected chi connectivity index (χ2v) is 7.30. The van der Waals surface area contributed by atoms with Gasteiger partial charge < -0.3 is 15.2 Å². The number of aliphatic imine (C=N–C) groups is 1. The summed E-state index contributed by atoms with van der Waals surface area (Å²) in [6, 6.07) is 20.4. The van der Waals surface area contributed by atoms with Gasteiger partial charge in [-0.2, -0.15) is 5.26 Å². The van der Waals surface area contributed by atoms with Crippen LogP contribution >= 0.6 is 0 Å². The first-order valence-electron chi connectivity index (χ1n) is 9.92. The molecule has 0 bridgehead atoms. The van der Waals surface area contributed by atoms with E-state index in [2.05, 4.69) is 9.98 Å². The van der Waals surface area contributed by atoms with Crippen LogP contribution in [0.5, 0.6) is 5.75 Å². The van der Waals surface area contributed by atoms with Crippen LogP contribution in [-0.4, -0.2) is 31.0 Å². The van der Waals surface area contributed by atoms with E-state index in [1.54, 1.807) is 19.2 Å². The van der Waals surface area contributed by atoms with Crippen LogP contribution in [0.3, 0.4) is 0 Å². The summed E-state index contributed by atoms with van der Waals surface area (Å²) in [7, 11) is 3.07. The Morgan fingerprint density at radius 3 is 2.47 bits per heavy atom. The number of pyridine rings is 1. The van der Waals surface area contributed by atoms with Gasteiger partial charge in [0.2, 0.25) is 0 Å². The summed E-state index contributed by atoms with van der Waals surface area (Å²) in [5.41, 5.74) is 8.34. The van der Waals surface area contributed by atoms with E-state index in [1.165, 1.54) is 13.3 Å². The van der Waals surface area contributed by atoms with Gasteiger partial charge in [-0.25, -0.2) is 4.99 Å². The summed E-state index contributed by atoms with van der Waals surface area (Å²) in [5.74, 6) is 0.590. The van der Waals surface area contributed by atoms with Crippen LogP contribution in [0.4, 0.5) is 0 Å². The number of carbonyl (C=O) groups is 1.